The molecule has 24 heavy (non-hydrogen) atoms. The van der Waals surface area contributed by atoms with Crippen LogP contribution in [0, 0.1) is 5.82 Å². The number of rotatable bonds is 4. The summed E-state index contributed by atoms with van der Waals surface area (Å²) in [6.45, 7) is 0.324. The molecular formula is C14H9Br2ClFN5O. The average Bonchev–Trinajstić information content (AvgIpc) is 3.03. The van der Waals surface area contributed by atoms with E-state index < -0.39 is 5.91 Å². The van der Waals surface area contributed by atoms with Crippen molar-refractivity contribution in [3.05, 3.63) is 61.6 Å². The van der Waals surface area contributed by atoms with E-state index in [9.17, 15) is 9.18 Å². The first kappa shape index (κ1) is 17.1. The van der Waals surface area contributed by atoms with Crippen molar-refractivity contribution in [1.82, 2.24) is 20.0 Å². The highest BCUT2D eigenvalue weighted by atomic mass is 79.9. The summed E-state index contributed by atoms with van der Waals surface area (Å²) < 4.78 is 15.8. The quantitative estimate of drug-likeness (QED) is 0.591. The van der Waals surface area contributed by atoms with Gasteiger partial charge in [0.05, 0.1) is 11.0 Å². The Kier molecular flexibility index (Phi) is 5.02. The number of benzene rings is 1. The number of hydrogen-bond acceptors (Lipinski definition) is 3. The molecule has 0 saturated carbocycles. The van der Waals surface area contributed by atoms with Gasteiger partial charge in [-0.25, -0.2) is 4.39 Å². The fourth-order valence-corrected chi connectivity index (χ4v) is 2.84. The fraction of sp³-hybridized carbons (Fsp3) is 0.0714. The molecule has 0 radical (unpaired) electrons. The van der Waals surface area contributed by atoms with Gasteiger partial charge in [-0.1, -0.05) is 23.7 Å². The monoisotopic (exact) mass is 475 g/mol. The first-order chi connectivity index (χ1) is 11.4. The highest BCUT2D eigenvalue weighted by Crippen LogP contribution is 2.26. The van der Waals surface area contributed by atoms with Crippen LogP contribution in [0.25, 0.3) is 0 Å². The van der Waals surface area contributed by atoms with Crippen LogP contribution >= 0.6 is 43.5 Å². The normalized spacial score (nSPS) is 10.8. The minimum absolute atomic E-state index is 0.164. The van der Waals surface area contributed by atoms with Crippen LogP contribution in [-0.2, 0) is 6.54 Å². The van der Waals surface area contributed by atoms with Gasteiger partial charge >= 0.3 is 0 Å². The summed E-state index contributed by atoms with van der Waals surface area (Å²) in [5.74, 6) is -0.598. The Bertz CT molecular complexity index is 910. The zero-order chi connectivity index (χ0) is 17.3. The van der Waals surface area contributed by atoms with E-state index in [-0.39, 0.29) is 22.4 Å². The van der Waals surface area contributed by atoms with Gasteiger partial charge in [-0.3, -0.25) is 14.6 Å². The van der Waals surface area contributed by atoms with E-state index in [4.69, 9.17) is 11.6 Å². The number of halogens is 4. The van der Waals surface area contributed by atoms with Gasteiger partial charge in [0.1, 0.15) is 15.4 Å². The minimum Gasteiger partial charge on any atom is -0.302 e. The van der Waals surface area contributed by atoms with Gasteiger partial charge in [0.25, 0.3) is 5.91 Å². The van der Waals surface area contributed by atoms with Gasteiger partial charge in [-0.05, 0) is 49.6 Å². The summed E-state index contributed by atoms with van der Waals surface area (Å²) in [6.07, 6.45) is 1.55. The highest BCUT2D eigenvalue weighted by molar-refractivity contribution is 9.13. The van der Waals surface area contributed by atoms with Crippen molar-refractivity contribution in [3.8, 4) is 0 Å². The smallest absolute Gasteiger partial charge is 0.278 e. The molecule has 2 aromatic heterocycles. The van der Waals surface area contributed by atoms with Crippen LogP contribution in [0.5, 0.6) is 0 Å². The van der Waals surface area contributed by atoms with Crippen molar-refractivity contribution in [3.63, 3.8) is 0 Å². The van der Waals surface area contributed by atoms with Crippen LogP contribution in [0.3, 0.4) is 0 Å². The highest BCUT2D eigenvalue weighted by Gasteiger charge is 2.19. The lowest BCUT2D eigenvalue weighted by Crippen LogP contribution is -2.14. The summed E-state index contributed by atoms with van der Waals surface area (Å²) in [7, 11) is 0. The topological polar surface area (TPSA) is 75.6 Å². The second-order valence-electron chi connectivity index (χ2n) is 4.81. The van der Waals surface area contributed by atoms with E-state index in [0.29, 0.717) is 15.6 Å². The number of hydrogen-bond donors (Lipinski definition) is 2. The van der Waals surface area contributed by atoms with Crippen molar-refractivity contribution in [2.45, 2.75) is 6.54 Å². The number of anilines is 1. The molecular weight excluding hydrogens is 468 g/mol. The zero-order valence-corrected chi connectivity index (χ0v) is 15.8. The minimum atomic E-state index is -0.471. The van der Waals surface area contributed by atoms with Crippen LogP contribution in [0.2, 0.25) is 5.02 Å². The molecule has 0 aliphatic carbocycles. The predicted octanol–water partition coefficient (Wildman–Crippen LogP) is 4.22. The molecule has 10 heteroatoms. The van der Waals surface area contributed by atoms with Crippen molar-refractivity contribution < 1.29 is 9.18 Å². The Morgan fingerprint density at radius 1 is 1.42 bits per heavy atom. The second-order valence-corrected chi connectivity index (χ2v) is 6.80. The van der Waals surface area contributed by atoms with Gasteiger partial charge in [-0.15, -0.1) is 0 Å². The molecule has 1 aromatic carbocycles. The number of nitrogens with zero attached hydrogens (tertiary/aromatic N) is 3. The maximum absolute atomic E-state index is 13.2. The Balaban J connectivity index is 1.77. The molecule has 0 aliphatic heterocycles. The van der Waals surface area contributed by atoms with Crippen LogP contribution in [-0.4, -0.2) is 25.9 Å². The van der Waals surface area contributed by atoms with E-state index >= 15 is 0 Å². The molecule has 0 unspecified atom stereocenters. The number of H-pyrrole nitrogens is 1. The number of aromatic nitrogens is 4. The standard InChI is InChI=1S/C14H9Br2ClFN5O/c15-10-11(20-21-12(10)16)14(24)19-13-9(17)6-23(22-13)5-7-2-1-3-8(18)4-7/h1-4,6H,5H2,(H,20,21)(H,19,22,24). The SMILES string of the molecule is O=C(Nc1nn(Cc2cccc(F)c2)cc1Cl)c1n[nH]c(Br)c1Br. The predicted molar refractivity (Wildman–Crippen MR) is 94.7 cm³/mol. The fourth-order valence-electron chi connectivity index (χ4n) is 2.01. The molecule has 3 aromatic rings. The number of carbonyl (C=O) groups is 1. The van der Waals surface area contributed by atoms with Gasteiger partial charge in [0.2, 0.25) is 0 Å². The van der Waals surface area contributed by atoms with E-state index in [2.05, 4.69) is 52.5 Å². The van der Waals surface area contributed by atoms with Crippen LogP contribution in [0.1, 0.15) is 16.1 Å². The van der Waals surface area contributed by atoms with Crippen molar-refractivity contribution in [2.75, 3.05) is 5.32 Å². The van der Waals surface area contributed by atoms with Gasteiger partial charge < -0.3 is 5.32 Å². The zero-order valence-electron chi connectivity index (χ0n) is 11.9. The molecule has 3 rings (SSSR count). The Labute approximate surface area is 157 Å². The maximum Gasteiger partial charge on any atom is 0.278 e. The molecule has 0 bridgehead atoms. The van der Waals surface area contributed by atoms with Gasteiger partial charge in [0.15, 0.2) is 11.5 Å². The summed E-state index contributed by atoms with van der Waals surface area (Å²) in [4.78, 5) is 12.2. The van der Waals surface area contributed by atoms with Crippen LogP contribution < -0.4 is 5.32 Å². The van der Waals surface area contributed by atoms with E-state index in [0.717, 1.165) is 5.56 Å². The molecule has 124 valence electrons. The summed E-state index contributed by atoms with van der Waals surface area (Å²) in [5, 5.41) is 13.6. The molecule has 0 saturated heterocycles. The van der Waals surface area contributed by atoms with Gasteiger partial charge in [0, 0.05) is 6.20 Å². The second kappa shape index (κ2) is 7.04. The third-order valence-electron chi connectivity index (χ3n) is 3.06. The maximum atomic E-state index is 13.2. The summed E-state index contributed by atoms with van der Waals surface area (Å²) in [5.41, 5.74) is 0.892. The molecule has 2 heterocycles. The number of amides is 1. The van der Waals surface area contributed by atoms with E-state index in [1.54, 1.807) is 18.3 Å². The largest absolute Gasteiger partial charge is 0.302 e. The third kappa shape index (κ3) is 3.68. The molecule has 6 nitrogen and oxygen atoms in total. The lowest BCUT2D eigenvalue weighted by atomic mass is 10.2. The molecule has 0 atom stereocenters. The number of nitrogens with one attached hydrogen (secondary N) is 2. The van der Waals surface area contributed by atoms with Crippen molar-refractivity contribution >= 4 is 55.2 Å². The molecule has 0 spiro atoms. The molecule has 1 amide bonds. The lowest BCUT2D eigenvalue weighted by Gasteiger charge is -2.02. The first-order valence-corrected chi connectivity index (χ1v) is 8.58. The Morgan fingerprint density at radius 2 is 2.21 bits per heavy atom. The van der Waals surface area contributed by atoms with Crippen LogP contribution in [0.15, 0.2) is 39.5 Å². The number of carbonyl (C=O) groups excluding carboxylic acids is 1. The van der Waals surface area contributed by atoms with Crippen molar-refractivity contribution in [1.29, 1.82) is 0 Å². The molecule has 2 N–H and O–H groups in total. The molecule has 0 fully saturated rings. The number of aromatic amines is 1. The Hall–Kier alpha value is -1.71. The van der Waals surface area contributed by atoms with Crippen molar-refractivity contribution in [2.24, 2.45) is 0 Å². The molecule has 0 aliphatic rings. The average molecular weight is 478 g/mol. The Morgan fingerprint density at radius 3 is 2.88 bits per heavy atom. The summed E-state index contributed by atoms with van der Waals surface area (Å²) in [6, 6.07) is 6.16. The lowest BCUT2D eigenvalue weighted by molar-refractivity contribution is 0.102. The van der Waals surface area contributed by atoms with E-state index in [1.807, 2.05) is 0 Å². The first-order valence-electron chi connectivity index (χ1n) is 6.62. The third-order valence-corrected chi connectivity index (χ3v) is 5.22. The van der Waals surface area contributed by atoms with Gasteiger partial charge in [-0.2, -0.15) is 10.2 Å². The van der Waals surface area contributed by atoms with E-state index in [1.165, 1.54) is 16.8 Å². The summed E-state index contributed by atoms with van der Waals surface area (Å²) >= 11 is 12.6. The van der Waals surface area contributed by atoms with Crippen LogP contribution in [0.4, 0.5) is 10.2 Å².